The van der Waals surface area contributed by atoms with E-state index in [1.165, 1.54) is 7.41 Å². The number of carbonyl (C=O) groups is 1. The van der Waals surface area contributed by atoms with Gasteiger partial charge in [-0.15, -0.1) is 0 Å². The summed E-state index contributed by atoms with van der Waals surface area (Å²) in [4.78, 5) is 17.3. The Morgan fingerprint density at radius 3 is 2.39 bits per heavy atom. The fraction of sp³-hybridized carbons (Fsp3) is 0.625. The summed E-state index contributed by atoms with van der Waals surface area (Å²) in [6.45, 7) is 13.2. The summed E-state index contributed by atoms with van der Waals surface area (Å²) in [5.74, 6) is 0.836. The van der Waals surface area contributed by atoms with Crippen LogP contribution in [0.3, 0.4) is 0 Å². The van der Waals surface area contributed by atoms with Gasteiger partial charge in [0, 0.05) is 29.2 Å². The Kier molecular flexibility index (Phi) is 3.65. The number of fused-ring (bicyclic) bond motifs is 1. The third kappa shape index (κ3) is 2.60. The maximum atomic E-state index is 10.8. The molecule has 0 aromatic carbocycles. The summed E-state index contributed by atoms with van der Waals surface area (Å²) in [5, 5.41) is 0. The number of hydrogen-bond acceptors (Lipinski definition) is 5. The van der Waals surface area contributed by atoms with E-state index >= 15 is 0 Å². The van der Waals surface area contributed by atoms with Gasteiger partial charge in [0.15, 0.2) is 0 Å². The van der Waals surface area contributed by atoms with Gasteiger partial charge in [-0.1, -0.05) is 19.9 Å². The molecule has 2 aliphatic rings. The van der Waals surface area contributed by atoms with Crippen molar-refractivity contribution in [3.63, 3.8) is 0 Å². The zero-order valence-corrected chi connectivity index (χ0v) is 14.7. The molecule has 0 aliphatic carbocycles. The van der Waals surface area contributed by atoms with Gasteiger partial charge in [0.05, 0.1) is 11.2 Å². The number of hydrogen-bond donors (Lipinski definition) is 0. The van der Waals surface area contributed by atoms with Crippen LogP contribution < -0.4 is 10.3 Å². The zero-order valence-electron chi connectivity index (χ0n) is 14.7. The van der Waals surface area contributed by atoms with Gasteiger partial charge in [0.1, 0.15) is 12.0 Å². The molecule has 3 rings (SSSR count). The number of carbonyl (C=O) groups excluding carboxylic acids is 1. The molecule has 0 amide bonds. The normalized spacial score (nSPS) is 23.7. The SMILES string of the molecule is CC1(C)CN([B]C=O)c2ncc(B3OC(C)(C)C(C)(C)O3)cc21. The average molecular weight is 313 g/mol. The van der Waals surface area contributed by atoms with Crippen molar-refractivity contribution in [1.82, 2.24) is 4.98 Å². The summed E-state index contributed by atoms with van der Waals surface area (Å²) in [5.41, 5.74) is 1.21. The lowest BCUT2D eigenvalue weighted by atomic mass is 9.77. The quantitative estimate of drug-likeness (QED) is 0.622. The van der Waals surface area contributed by atoms with Gasteiger partial charge in [0.2, 0.25) is 0 Å². The highest BCUT2D eigenvalue weighted by molar-refractivity contribution is 6.70. The molecule has 1 saturated heterocycles. The fourth-order valence-corrected chi connectivity index (χ4v) is 3.09. The van der Waals surface area contributed by atoms with E-state index in [-0.39, 0.29) is 16.6 Å². The molecule has 0 N–H and O–H groups in total. The number of rotatable bonds is 3. The molecule has 1 fully saturated rings. The molecule has 1 aromatic heterocycles. The summed E-state index contributed by atoms with van der Waals surface area (Å²) in [6.07, 6.45) is 2.59. The molecule has 1 aromatic rings. The van der Waals surface area contributed by atoms with Gasteiger partial charge in [-0.3, -0.25) is 0 Å². The Balaban J connectivity index is 1.95. The molecule has 7 heteroatoms. The first-order chi connectivity index (χ1) is 10.6. The summed E-state index contributed by atoms with van der Waals surface area (Å²) in [6, 6.07) is 2.10. The maximum Gasteiger partial charge on any atom is 0.496 e. The Hall–Kier alpha value is -1.33. The molecule has 121 valence electrons. The second kappa shape index (κ2) is 5.08. The van der Waals surface area contributed by atoms with E-state index in [0.717, 1.165) is 29.6 Å². The van der Waals surface area contributed by atoms with Gasteiger partial charge in [0.25, 0.3) is 0 Å². The van der Waals surface area contributed by atoms with Gasteiger partial charge >= 0.3 is 14.5 Å². The minimum absolute atomic E-state index is 0.0819. The van der Waals surface area contributed by atoms with Gasteiger partial charge in [-0.2, -0.15) is 0 Å². The van der Waals surface area contributed by atoms with Crippen LogP contribution in [0.5, 0.6) is 0 Å². The predicted octanol–water partition coefficient (Wildman–Crippen LogP) is 1.29. The largest absolute Gasteiger partial charge is 0.496 e. The maximum absolute atomic E-state index is 10.8. The van der Waals surface area contributed by atoms with Gasteiger partial charge in [-0.05, 0) is 27.7 Å². The lowest BCUT2D eigenvalue weighted by molar-refractivity contribution is 0.00578. The van der Waals surface area contributed by atoms with Crippen molar-refractivity contribution in [2.45, 2.75) is 58.2 Å². The molecule has 3 heterocycles. The van der Waals surface area contributed by atoms with Crippen LogP contribution in [0.4, 0.5) is 5.82 Å². The Morgan fingerprint density at radius 1 is 1.22 bits per heavy atom. The molecule has 23 heavy (non-hydrogen) atoms. The smallest absolute Gasteiger partial charge is 0.399 e. The first-order valence-corrected chi connectivity index (χ1v) is 7.99. The van der Waals surface area contributed by atoms with E-state index in [4.69, 9.17) is 9.31 Å². The first kappa shape index (κ1) is 16.5. The topological polar surface area (TPSA) is 51.7 Å². The highest BCUT2D eigenvalue weighted by atomic mass is 16.7. The van der Waals surface area contributed by atoms with Crippen LogP contribution in [0.25, 0.3) is 0 Å². The lowest BCUT2D eigenvalue weighted by Crippen LogP contribution is -2.41. The standard InChI is InChI=1S/C16H23B2N2O3/c1-14(2)9-20(17-10-21)13-12(14)7-11(8-19-13)18-22-15(3,4)16(5,6)23-18/h7-8,10H,9H2,1-6H3. The molecular formula is C16H23B2N2O3. The minimum Gasteiger partial charge on any atom is -0.399 e. The van der Waals surface area contributed by atoms with Crippen LogP contribution in [-0.2, 0) is 19.5 Å². The van der Waals surface area contributed by atoms with E-state index in [2.05, 4.69) is 24.9 Å². The molecule has 0 atom stereocenters. The van der Waals surface area contributed by atoms with Crippen LogP contribution in [0, 0.1) is 0 Å². The van der Waals surface area contributed by atoms with Crippen molar-refractivity contribution >= 4 is 32.0 Å². The Morgan fingerprint density at radius 2 is 1.83 bits per heavy atom. The summed E-state index contributed by atoms with van der Waals surface area (Å²) < 4.78 is 12.2. The van der Waals surface area contributed by atoms with Crippen LogP contribution in [-0.4, -0.2) is 43.4 Å². The highest BCUT2D eigenvalue weighted by Gasteiger charge is 2.52. The van der Waals surface area contributed by atoms with Crippen molar-refractivity contribution in [3.8, 4) is 0 Å². The second-order valence-corrected chi connectivity index (χ2v) is 8.03. The number of nitrogens with zero attached hydrogens (tertiary/aromatic N) is 2. The molecule has 0 unspecified atom stereocenters. The number of anilines is 1. The number of pyridine rings is 1. The third-order valence-corrected chi connectivity index (χ3v) is 5.22. The van der Waals surface area contributed by atoms with Gasteiger partial charge < -0.3 is 18.9 Å². The number of aromatic nitrogens is 1. The average Bonchev–Trinajstić information content (AvgIpc) is 2.81. The molecule has 2 aliphatic heterocycles. The van der Waals surface area contributed by atoms with E-state index in [1.54, 1.807) is 6.20 Å². The summed E-state index contributed by atoms with van der Waals surface area (Å²) >= 11 is 0. The summed E-state index contributed by atoms with van der Waals surface area (Å²) in [7, 11) is 1.12. The minimum atomic E-state index is -0.419. The second-order valence-electron chi connectivity index (χ2n) is 8.03. The van der Waals surface area contributed by atoms with Crippen molar-refractivity contribution < 1.29 is 14.1 Å². The van der Waals surface area contributed by atoms with Crippen molar-refractivity contribution in [2.24, 2.45) is 0 Å². The molecular weight excluding hydrogens is 290 g/mol. The van der Waals surface area contributed by atoms with Gasteiger partial charge in [-0.25, -0.2) is 4.98 Å². The Bertz CT molecular complexity index is 630. The first-order valence-electron chi connectivity index (χ1n) is 7.99. The van der Waals surface area contributed by atoms with E-state index in [9.17, 15) is 4.79 Å². The Labute approximate surface area is 139 Å². The van der Waals surface area contributed by atoms with Crippen LogP contribution in [0.1, 0.15) is 47.1 Å². The van der Waals surface area contributed by atoms with Crippen LogP contribution >= 0.6 is 0 Å². The third-order valence-electron chi connectivity index (χ3n) is 5.22. The zero-order chi connectivity index (χ0) is 17.0. The van der Waals surface area contributed by atoms with Crippen LogP contribution in [0.15, 0.2) is 12.3 Å². The monoisotopic (exact) mass is 313 g/mol. The van der Waals surface area contributed by atoms with Crippen molar-refractivity contribution in [2.75, 3.05) is 11.4 Å². The molecule has 0 spiro atoms. The van der Waals surface area contributed by atoms with E-state index in [1.807, 2.05) is 32.5 Å². The van der Waals surface area contributed by atoms with E-state index in [0.29, 0.717) is 0 Å². The predicted molar refractivity (Wildman–Crippen MR) is 92.8 cm³/mol. The van der Waals surface area contributed by atoms with Crippen LogP contribution in [0.2, 0.25) is 0 Å². The molecule has 0 saturated carbocycles. The molecule has 0 bridgehead atoms. The van der Waals surface area contributed by atoms with Crippen molar-refractivity contribution in [3.05, 3.63) is 17.8 Å². The van der Waals surface area contributed by atoms with Crippen molar-refractivity contribution in [1.29, 1.82) is 0 Å². The van der Waals surface area contributed by atoms with E-state index < -0.39 is 7.12 Å². The molecule has 1 radical (unpaired) electrons. The highest BCUT2D eigenvalue weighted by Crippen LogP contribution is 2.39. The molecule has 5 nitrogen and oxygen atoms in total. The fourth-order valence-electron chi connectivity index (χ4n) is 3.09. The lowest BCUT2D eigenvalue weighted by Gasteiger charge is -2.32.